The van der Waals surface area contributed by atoms with E-state index in [1.807, 2.05) is 11.8 Å². The van der Waals surface area contributed by atoms with Crippen molar-refractivity contribution in [3.05, 3.63) is 55.5 Å². The van der Waals surface area contributed by atoms with Crippen LogP contribution in [0.25, 0.3) is 0 Å². The molecule has 2 unspecified atom stereocenters. The molecule has 2 aromatic carbocycles. The summed E-state index contributed by atoms with van der Waals surface area (Å²) in [7, 11) is 0. The molecular weight excluding hydrogens is 432 g/mol. The van der Waals surface area contributed by atoms with Gasteiger partial charge < -0.3 is 0 Å². The van der Waals surface area contributed by atoms with Gasteiger partial charge in [0.1, 0.15) is 0 Å². The summed E-state index contributed by atoms with van der Waals surface area (Å²) in [5.74, 6) is 1.53. The molecule has 0 spiro atoms. The summed E-state index contributed by atoms with van der Waals surface area (Å²) >= 11 is 9.47. The first-order valence-electron chi connectivity index (χ1n) is 8.31. The lowest BCUT2D eigenvalue weighted by Gasteiger charge is -2.13. The topological polar surface area (TPSA) is 0 Å². The summed E-state index contributed by atoms with van der Waals surface area (Å²) < 4.78 is 2.58. The lowest BCUT2D eigenvalue weighted by Crippen LogP contribution is -1.92. The van der Waals surface area contributed by atoms with Gasteiger partial charge >= 0.3 is 0 Å². The van der Waals surface area contributed by atoms with Crippen LogP contribution in [0.15, 0.2) is 43.0 Å². The molecule has 0 aromatic heterocycles. The molecule has 0 radical (unpaired) electrons. The minimum atomic E-state index is 0.763. The first kappa shape index (κ1) is 16.2. The van der Waals surface area contributed by atoms with Crippen LogP contribution < -0.4 is 0 Å². The Morgan fingerprint density at radius 2 is 1.09 bits per heavy atom. The second-order valence-electron chi connectivity index (χ2n) is 7.13. The number of rotatable bonds is 2. The van der Waals surface area contributed by atoms with E-state index in [2.05, 4.69) is 70.0 Å². The average Bonchev–Trinajstić information content (AvgIpc) is 3.08. The third-order valence-corrected chi connectivity index (χ3v) is 7.78. The monoisotopic (exact) mass is 450 g/mol. The second kappa shape index (κ2) is 6.24. The van der Waals surface area contributed by atoms with Crippen LogP contribution in [0, 0.1) is 11.8 Å². The molecular formula is C20H20Br2S. The Morgan fingerprint density at radius 3 is 1.52 bits per heavy atom. The Morgan fingerprint density at radius 1 is 0.696 bits per heavy atom. The molecule has 2 aromatic rings. The molecule has 0 heterocycles. The van der Waals surface area contributed by atoms with Crippen molar-refractivity contribution < 1.29 is 0 Å². The average molecular weight is 452 g/mol. The van der Waals surface area contributed by atoms with E-state index in [0.717, 1.165) is 11.8 Å². The summed E-state index contributed by atoms with van der Waals surface area (Å²) in [5.41, 5.74) is 6.20. The molecule has 0 amide bonds. The Balaban J connectivity index is 1.74. The molecule has 0 fully saturated rings. The van der Waals surface area contributed by atoms with Crippen molar-refractivity contribution in [1.82, 2.24) is 0 Å². The summed E-state index contributed by atoms with van der Waals surface area (Å²) in [6, 6.07) is 9.08. The molecule has 2 aliphatic carbocycles. The van der Waals surface area contributed by atoms with Crippen LogP contribution in [-0.2, 0) is 25.7 Å². The van der Waals surface area contributed by atoms with E-state index >= 15 is 0 Å². The van der Waals surface area contributed by atoms with Gasteiger partial charge in [0.15, 0.2) is 0 Å². The quantitative estimate of drug-likeness (QED) is 0.481. The SMILES string of the molecule is CC1Cc2c(Br)ccc(Sc3ccc(Br)c4c3CC(C)C4)c2C1. The molecule has 0 saturated heterocycles. The van der Waals surface area contributed by atoms with Crippen molar-refractivity contribution in [2.75, 3.05) is 0 Å². The fourth-order valence-corrected chi connectivity index (χ4v) is 6.26. The Labute approximate surface area is 159 Å². The summed E-state index contributed by atoms with van der Waals surface area (Å²) in [5, 5.41) is 0. The molecule has 0 aliphatic heterocycles. The predicted molar refractivity (Wildman–Crippen MR) is 106 cm³/mol. The van der Waals surface area contributed by atoms with Crippen molar-refractivity contribution in [2.45, 2.75) is 49.3 Å². The first-order chi connectivity index (χ1) is 11.0. The number of fused-ring (bicyclic) bond motifs is 2. The zero-order valence-electron chi connectivity index (χ0n) is 13.5. The largest absolute Gasteiger partial charge is 0.0895 e. The van der Waals surface area contributed by atoms with Crippen LogP contribution in [0.2, 0.25) is 0 Å². The number of benzene rings is 2. The first-order valence-corrected chi connectivity index (χ1v) is 10.7. The highest BCUT2D eigenvalue weighted by molar-refractivity contribution is 9.10. The van der Waals surface area contributed by atoms with Gasteiger partial charge in [0.25, 0.3) is 0 Å². The maximum Gasteiger partial charge on any atom is 0.0210 e. The van der Waals surface area contributed by atoms with Crippen LogP contribution >= 0.6 is 43.6 Å². The van der Waals surface area contributed by atoms with Gasteiger partial charge in [-0.3, -0.25) is 0 Å². The fourth-order valence-electron chi connectivity index (χ4n) is 4.02. The van der Waals surface area contributed by atoms with Crippen molar-refractivity contribution in [3.8, 4) is 0 Å². The minimum Gasteiger partial charge on any atom is -0.0895 e. The van der Waals surface area contributed by atoms with Gasteiger partial charge in [0.05, 0.1) is 0 Å². The highest BCUT2D eigenvalue weighted by Gasteiger charge is 2.26. The van der Waals surface area contributed by atoms with Gasteiger partial charge in [-0.2, -0.15) is 0 Å². The summed E-state index contributed by atoms with van der Waals surface area (Å²) in [6.07, 6.45) is 4.85. The van der Waals surface area contributed by atoms with Gasteiger partial charge in [-0.15, -0.1) is 0 Å². The zero-order valence-corrected chi connectivity index (χ0v) is 17.4. The molecule has 23 heavy (non-hydrogen) atoms. The third kappa shape index (κ3) is 2.94. The Bertz CT molecular complexity index is 716. The minimum absolute atomic E-state index is 0.763. The Kier molecular flexibility index (Phi) is 4.40. The molecule has 0 N–H and O–H groups in total. The van der Waals surface area contributed by atoms with Gasteiger partial charge in [0, 0.05) is 18.7 Å². The molecule has 4 rings (SSSR count). The number of hydrogen-bond donors (Lipinski definition) is 0. The third-order valence-electron chi connectivity index (χ3n) is 5.09. The highest BCUT2D eigenvalue weighted by atomic mass is 79.9. The lowest BCUT2D eigenvalue weighted by molar-refractivity contribution is 0.624. The van der Waals surface area contributed by atoms with E-state index in [4.69, 9.17) is 0 Å². The summed E-state index contributed by atoms with van der Waals surface area (Å²) in [6.45, 7) is 4.72. The molecule has 2 atom stereocenters. The molecule has 0 nitrogen and oxygen atoms in total. The molecule has 0 saturated carbocycles. The normalized spacial score (nSPS) is 22.3. The molecule has 0 bridgehead atoms. The molecule has 120 valence electrons. The van der Waals surface area contributed by atoms with Crippen LogP contribution in [-0.4, -0.2) is 0 Å². The van der Waals surface area contributed by atoms with E-state index < -0.39 is 0 Å². The van der Waals surface area contributed by atoms with Gasteiger partial charge in [-0.1, -0.05) is 57.5 Å². The van der Waals surface area contributed by atoms with Crippen LogP contribution in [0.3, 0.4) is 0 Å². The van der Waals surface area contributed by atoms with Crippen molar-refractivity contribution in [3.63, 3.8) is 0 Å². The Hall–Kier alpha value is -0.250. The predicted octanol–water partition coefficient (Wildman–Crippen LogP) is 6.83. The number of halogens is 2. The maximum absolute atomic E-state index is 3.75. The standard InChI is InChI=1S/C20H20Br2S/c1-11-7-13-15(9-11)19(5-3-17(13)21)23-20-6-4-18(22)14-8-12(2)10-16(14)20/h3-6,11-12H,7-10H2,1-2H3. The maximum atomic E-state index is 3.75. The van der Waals surface area contributed by atoms with Crippen LogP contribution in [0.5, 0.6) is 0 Å². The lowest BCUT2D eigenvalue weighted by atomic mass is 10.1. The van der Waals surface area contributed by atoms with E-state index in [1.165, 1.54) is 55.5 Å². The van der Waals surface area contributed by atoms with Crippen molar-refractivity contribution in [1.29, 1.82) is 0 Å². The molecule has 3 heteroatoms. The van der Waals surface area contributed by atoms with Gasteiger partial charge in [-0.25, -0.2) is 0 Å². The van der Waals surface area contributed by atoms with E-state index in [0.29, 0.717) is 0 Å². The highest BCUT2D eigenvalue weighted by Crippen LogP contribution is 2.45. The van der Waals surface area contributed by atoms with Crippen molar-refractivity contribution >= 4 is 43.6 Å². The number of hydrogen-bond acceptors (Lipinski definition) is 1. The van der Waals surface area contributed by atoms with Crippen LogP contribution in [0.1, 0.15) is 36.1 Å². The van der Waals surface area contributed by atoms with Gasteiger partial charge in [0.2, 0.25) is 0 Å². The second-order valence-corrected chi connectivity index (χ2v) is 9.93. The fraction of sp³-hybridized carbons (Fsp3) is 0.400. The smallest absolute Gasteiger partial charge is 0.0210 e. The van der Waals surface area contributed by atoms with E-state index in [1.54, 1.807) is 11.1 Å². The van der Waals surface area contributed by atoms with Crippen molar-refractivity contribution in [2.24, 2.45) is 11.8 Å². The van der Waals surface area contributed by atoms with E-state index in [-0.39, 0.29) is 0 Å². The summed E-state index contributed by atoms with van der Waals surface area (Å²) in [4.78, 5) is 2.91. The van der Waals surface area contributed by atoms with Gasteiger partial charge in [-0.05, 0) is 84.0 Å². The van der Waals surface area contributed by atoms with E-state index in [9.17, 15) is 0 Å². The molecule has 2 aliphatic rings. The zero-order chi connectivity index (χ0) is 16.1. The van der Waals surface area contributed by atoms with Crippen LogP contribution in [0.4, 0.5) is 0 Å².